The Hall–Kier alpha value is -4.01. The lowest BCUT2D eigenvalue weighted by atomic mass is 10.2. The molecule has 0 atom stereocenters. The van der Waals surface area contributed by atoms with Crippen molar-refractivity contribution in [3.8, 4) is 17.1 Å². The van der Waals surface area contributed by atoms with E-state index < -0.39 is 4.92 Å². The normalized spacial score (nSPS) is 10.8. The molecule has 0 saturated heterocycles. The number of hydrogen-bond acceptors (Lipinski definition) is 7. The summed E-state index contributed by atoms with van der Waals surface area (Å²) in [6.45, 7) is 0.0698. The largest absolute Gasteiger partial charge is 0.497 e. The number of nitrogens with zero attached hydrogens (tertiary/aromatic N) is 3. The second kappa shape index (κ2) is 8.58. The van der Waals surface area contributed by atoms with Gasteiger partial charge in [-0.3, -0.25) is 14.9 Å². The topological polar surface area (TPSA) is 120 Å². The van der Waals surface area contributed by atoms with Gasteiger partial charge in [-0.15, -0.1) is 0 Å². The van der Waals surface area contributed by atoms with Gasteiger partial charge < -0.3 is 14.6 Å². The zero-order chi connectivity index (χ0) is 19.9. The van der Waals surface area contributed by atoms with Gasteiger partial charge in [-0.25, -0.2) is 0 Å². The lowest BCUT2D eigenvalue weighted by molar-refractivity contribution is -0.384. The quantitative estimate of drug-likeness (QED) is 0.380. The van der Waals surface area contributed by atoms with E-state index in [0.717, 1.165) is 5.56 Å². The highest BCUT2D eigenvalue weighted by Crippen LogP contribution is 2.21. The highest BCUT2D eigenvalue weighted by Gasteiger charge is 2.10. The molecular weight excluding hydrogens is 364 g/mol. The lowest BCUT2D eigenvalue weighted by Gasteiger charge is -2.00. The molecule has 1 N–H and O–H groups in total. The number of benzene rings is 2. The summed E-state index contributed by atoms with van der Waals surface area (Å²) < 4.78 is 10.3. The highest BCUT2D eigenvalue weighted by atomic mass is 16.6. The molecule has 0 saturated carbocycles. The summed E-state index contributed by atoms with van der Waals surface area (Å²) in [6.07, 6.45) is 2.87. The lowest BCUT2D eigenvalue weighted by Crippen LogP contribution is -2.20. The molecule has 142 valence electrons. The van der Waals surface area contributed by atoms with Crippen molar-refractivity contribution in [1.29, 1.82) is 0 Å². The summed E-state index contributed by atoms with van der Waals surface area (Å²) in [5.74, 6) is 0.965. The minimum absolute atomic E-state index is 0.00941. The first-order chi connectivity index (χ1) is 13.5. The third-order valence-electron chi connectivity index (χ3n) is 3.74. The molecule has 1 aromatic heterocycles. The molecule has 0 unspecified atom stereocenters. The predicted molar refractivity (Wildman–Crippen MR) is 100 cm³/mol. The molecular formula is C19H16N4O5. The molecule has 0 bridgehead atoms. The molecule has 3 rings (SSSR count). The Kier molecular flexibility index (Phi) is 5.75. The van der Waals surface area contributed by atoms with Crippen LogP contribution >= 0.6 is 0 Å². The van der Waals surface area contributed by atoms with E-state index in [4.69, 9.17) is 9.26 Å². The Bertz CT molecular complexity index is 1010. The number of nitro benzene ring substituents is 1. The van der Waals surface area contributed by atoms with Gasteiger partial charge in [0.2, 0.25) is 17.6 Å². The number of non-ortho nitro benzene ring substituents is 1. The van der Waals surface area contributed by atoms with Gasteiger partial charge in [-0.1, -0.05) is 17.3 Å². The van der Waals surface area contributed by atoms with E-state index >= 15 is 0 Å². The number of aromatic nitrogens is 2. The fourth-order valence-electron chi connectivity index (χ4n) is 2.31. The van der Waals surface area contributed by atoms with Crippen molar-refractivity contribution in [3.63, 3.8) is 0 Å². The van der Waals surface area contributed by atoms with E-state index in [9.17, 15) is 14.9 Å². The SMILES string of the molecule is COc1cccc(-c2noc(CNC(=O)/C=C/c3ccc([N+](=O)[O-])cc3)n2)c1. The molecule has 0 aliphatic rings. The molecule has 0 radical (unpaired) electrons. The minimum atomic E-state index is -0.482. The first-order valence-electron chi connectivity index (χ1n) is 8.22. The van der Waals surface area contributed by atoms with Gasteiger partial charge in [0.15, 0.2) is 0 Å². The van der Waals surface area contributed by atoms with Crippen molar-refractivity contribution in [2.45, 2.75) is 6.54 Å². The maximum atomic E-state index is 11.9. The fourth-order valence-corrected chi connectivity index (χ4v) is 2.31. The molecule has 1 amide bonds. The number of methoxy groups -OCH3 is 1. The zero-order valence-electron chi connectivity index (χ0n) is 14.9. The molecule has 0 spiro atoms. The van der Waals surface area contributed by atoms with Crippen LogP contribution < -0.4 is 10.1 Å². The van der Waals surface area contributed by atoms with Crippen LogP contribution in [0.3, 0.4) is 0 Å². The van der Waals surface area contributed by atoms with Crippen LogP contribution in [-0.2, 0) is 11.3 Å². The molecule has 9 nitrogen and oxygen atoms in total. The summed E-state index contributed by atoms with van der Waals surface area (Å²) in [4.78, 5) is 26.3. The first-order valence-corrected chi connectivity index (χ1v) is 8.22. The second-order valence-electron chi connectivity index (χ2n) is 5.64. The van der Waals surface area contributed by atoms with Gasteiger partial charge in [-0.2, -0.15) is 4.98 Å². The molecule has 2 aromatic carbocycles. The van der Waals surface area contributed by atoms with Crippen molar-refractivity contribution in [2.75, 3.05) is 7.11 Å². The van der Waals surface area contributed by atoms with E-state index in [1.54, 1.807) is 31.4 Å². The summed E-state index contributed by atoms with van der Waals surface area (Å²) >= 11 is 0. The average Bonchev–Trinajstić information content (AvgIpc) is 3.20. The Morgan fingerprint density at radius 2 is 2.07 bits per heavy atom. The number of hydrogen-bond donors (Lipinski definition) is 1. The number of rotatable bonds is 7. The van der Waals surface area contributed by atoms with Crippen LogP contribution in [-0.4, -0.2) is 28.1 Å². The van der Waals surface area contributed by atoms with E-state index in [1.807, 2.05) is 18.2 Å². The standard InChI is InChI=1S/C19H16N4O5/c1-27-16-4-2-3-14(11-16)19-21-18(28-22-19)12-20-17(24)10-7-13-5-8-15(9-6-13)23(25)26/h2-11H,12H2,1H3,(H,20,24)/b10-7+. The summed E-state index contributed by atoms with van der Waals surface area (Å²) in [5.41, 5.74) is 1.39. The monoisotopic (exact) mass is 380 g/mol. The van der Waals surface area contributed by atoms with E-state index in [0.29, 0.717) is 17.1 Å². The fraction of sp³-hybridized carbons (Fsp3) is 0.105. The van der Waals surface area contributed by atoms with Crippen LogP contribution in [0.4, 0.5) is 5.69 Å². The summed E-state index contributed by atoms with van der Waals surface area (Å²) in [7, 11) is 1.57. The first kappa shape index (κ1) is 18.8. The van der Waals surface area contributed by atoms with Gasteiger partial charge in [0.1, 0.15) is 5.75 Å². The Morgan fingerprint density at radius 1 is 1.29 bits per heavy atom. The summed E-state index contributed by atoms with van der Waals surface area (Å²) in [5, 5.41) is 17.1. The van der Waals surface area contributed by atoms with Crippen molar-refractivity contribution in [3.05, 3.63) is 76.2 Å². The van der Waals surface area contributed by atoms with Gasteiger partial charge in [0.25, 0.3) is 5.69 Å². The second-order valence-corrected chi connectivity index (χ2v) is 5.64. The van der Waals surface area contributed by atoms with E-state index in [-0.39, 0.29) is 24.0 Å². The van der Waals surface area contributed by atoms with Crippen molar-refractivity contribution in [1.82, 2.24) is 15.5 Å². The van der Waals surface area contributed by atoms with Crippen molar-refractivity contribution >= 4 is 17.7 Å². The molecule has 0 aliphatic carbocycles. The van der Waals surface area contributed by atoms with E-state index in [2.05, 4.69) is 15.5 Å². The number of carbonyl (C=O) groups is 1. The average molecular weight is 380 g/mol. The van der Waals surface area contributed by atoms with Crippen LogP contribution in [0.15, 0.2) is 59.1 Å². The van der Waals surface area contributed by atoms with E-state index in [1.165, 1.54) is 18.2 Å². The molecule has 1 heterocycles. The minimum Gasteiger partial charge on any atom is -0.497 e. The number of nitro groups is 1. The Morgan fingerprint density at radius 3 is 2.79 bits per heavy atom. The van der Waals surface area contributed by atoms with Crippen LogP contribution in [0.5, 0.6) is 5.75 Å². The Labute approximate surface area is 159 Å². The molecule has 3 aromatic rings. The van der Waals surface area contributed by atoms with Crippen LogP contribution in [0.1, 0.15) is 11.5 Å². The number of nitrogens with one attached hydrogen (secondary N) is 1. The van der Waals surface area contributed by atoms with Gasteiger partial charge in [0.05, 0.1) is 18.6 Å². The molecule has 28 heavy (non-hydrogen) atoms. The van der Waals surface area contributed by atoms with Crippen LogP contribution in [0.2, 0.25) is 0 Å². The molecule has 0 aliphatic heterocycles. The van der Waals surface area contributed by atoms with Crippen LogP contribution in [0.25, 0.3) is 17.5 Å². The third-order valence-corrected chi connectivity index (χ3v) is 3.74. The predicted octanol–water partition coefficient (Wildman–Crippen LogP) is 2.98. The van der Waals surface area contributed by atoms with Gasteiger partial charge >= 0.3 is 0 Å². The maximum Gasteiger partial charge on any atom is 0.269 e. The molecule has 9 heteroatoms. The zero-order valence-corrected chi connectivity index (χ0v) is 14.9. The number of amides is 1. The highest BCUT2D eigenvalue weighted by molar-refractivity contribution is 5.91. The van der Waals surface area contributed by atoms with Crippen molar-refractivity contribution in [2.24, 2.45) is 0 Å². The smallest absolute Gasteiger partial charge is 0.269 e. The van der Waals surface area contributed by atoms with Gasteiger partial charge in [-0.05, 0) is 35.9 Å². The van der Waals surface area contributed by atoms with Crippen LogP contribution in [0, 0.1) is 10.1 Å². The Balaban J connectivity index is 1.56. The number of carbonyl (C=O) groups excluding carboxylic acids is 1. The third kappa shape index (κ3) is 4.79. The molecule has 0 fully saturated rings. The maximum absolute atomic E-state index is 11.9. The van der Waals surface area contributed by atoms with Gasteiger partial charge in [0, 0.05) is 23.8 Å². The number of ether oxygens (including phenoxy) is 1. The van der Waals surface area contributed by atoms with Crippen molar-refractivity contribution < 1.29 is 19.0 Å². The summed E-state index contributed by atoms with van der Waals surface area (Å²) in [6, 6.07) is 13.1.